The van der Waals surface area contributed by atoms with Crippen molar-refractivity contribution in [3.05, 3.63) is 53.3 Å². The Labute approximate surface area is 133 Å². The molecule has 0 amide bonds. The summed E-state index contributed by atoms with van der Waals surface area (Å²) < 4.78 is 2.03. The van der Waals surface area contributed by atoms with Crippen LogP contribution in [-0.2, 0) is 6.42 Å². The zero-order chi connectivity index (χ0) is 14.9. The average Bonchev–Trinajstić information content (AvgIpc) is 3.27. The smallest absolute Gasteiger partial charge is 0.136 e. The van der Waals surface area contributed by atoms with Crippen LogP contribution in [0.5, 0.6) is 0 Å². The van der Waals surface area contributed by atoms with Gasteiger partial charge in [-0.15, -0.1) is 0 Å². The van der Waals surface area contributed by atoms with Crippen LogP contribution in [0, 0.1) is 0 Å². The van der Waals surface area contributed by atoms with Gasteiger partial charge in [-0.3, -0.25) is 0 Å². The van der Waals surface area contributed by atoms with E-state index in [9.17, 15) is 0 Å². The maximum Gasteiger partial charge on any atom is 0.136 e. The number of anilines is 1. The van der Waals surface area contributed by atoms with Crippen molar-refractivity contribution in [3.8, 4) is 0 Å². The van der Waals surface area contributed by atoms with E-state index in [0.29, 0.717) is 11.1 Å². The number of nitrogens with one attached hydrogen (secondary N) is 1. The van der Waals surface area contributed by atoms with Crippen LogP contribution in [0.3, 0.4) is 0 Å². The molecule has 3 aromatic heterocycles. The number of hydrogen-bond donors (Lipinski definition) is 1. The fourth-order valence-corrected chi connectivity index (χ4v) is 2.67. The Kier molecular flexibility index (Phi) is 3.42. The first-order valence-electron chi connectivity index (χ1n) is 7.49. The van der Waals surface area contributed by atoms with Gasteiger partial charge in [0.2, 0.25) is 0 Å². The average molecular weight is 314 g/mol. The third-order valence-electron chi connectivity index (χ3n) is 3.76. The minimum absolute atomic E-state index is 0.498. The van der Waals surface area contributed by atoms with E-state index >= 15 is 0 Å². The highest BCUT2D eigenvalue weighted by Crippen LogP contribution is 2.38. The lowest BCUT2D eigenvalue weighted by Crippen LogP contribution is -2.08. The molecular formula is C16H16ClN5. The first-order valence-corrected chi connectivity index (χ1v) is 7.87. The molecule has 0 radical (unpaired) electrons. The van der Waals surface area contributed by atoms with Gasteiger partial charge in [0, 0.05) is 37.3 Å². The SMILES string of the molecule is Clc1cc(NCCc2cn3ccccc3n2)nc(C2CC2)n1. The van der Waals surface area contributed by atoms with Gasteiger partial charge >= 0.3 is 0 Å². The molecular weight excluding hydrogens is 298 g/mol. The quantitative estimate of drug-likeness (QED) is 0.734. The maximum absolute atomic E-state index is 6.06. The molecule has 22 heavy (non-hydrogen) atoms. The standard InChI is InChI=1S/C16H16ClN5/c17-13-9-14(21-16(20-13)11-4-5-11)18-7-6-12-10-22-8-2-1-3-15(22)19-12/h1-3,8-11H,4-7H2,(H,18,20,21). The molecule has 0 atom stereocenters. The molecule has 0 saturated heterocycles. The minimum atomic E-state index is 0.498. The molecule has 6 heteroatoms. The number of halogens is 1. The van der Waals surface area contributed by atoms with E-state index in [4.69, 9.17) is 11.6 Å². The lowest BCUT2D eigenvalue weighted by molar-refractivity contribution is 0.910. The van der Waals surface area contributed by atoms with Gasteiger partial charge in [0.1, 0.15) is 22.4 Å². The number of rotatable bonds is 5. The van der Waals surface area contributed by atoms with Gasteiger partial charge in [-0.1, -0.05) is 17.7 Å². The van der Waals surface area contributed by atoms with Crippen LogP contribution in [0.1, 0.15) is 30.3 Å². The summed E-state index contributed by atoms with van der Waals surface area (Å²) in [7, 11) is 0. The van der Waals surface area contributed by atoms with Crippen molar-refractivity contribution in [2.24, 2.45) is 0 Å². The second-order valence-corrected chi connectivity index (χ2v) is 5.97. The normalized spacial score (nSPS) is 14.4. The summed E-state index contributed by atoms with van der Waals surface area (Å²) in [6.07, 6.45) is 7.23. The summed E-state index contributed by atoms with van der Waals surface area (Å²) in [6.45, 7) is 0.765. The summed E-state index contributed by atoms with van der Waals surface area (Å²) >= 11 is 6.06. The predicted octanol–water partition coefficient (Wildman–Crippen LogP) is 3.31. The van der Waals surface area contributed by atoms with Crippen molar-refractivity contribution < 1.29 is 0 Å². The van der Waals surface area contributed by atoms with Crippen molar-refractivity contribution in [3.63, 3.8) is 0 Å². The Bertz CT molecular complexity index is 776. The molecule has 0 unspecified atom stereocenters. The predicted molar refractivity (Wildman–Crippen MR) is 86.4 cm³/mol. The monoisotopic (exact) mass is 313 g/mol. The van der Waals surface area contributed by atoms with Crippen LogP contribution in [-0.4, -0.2) is 25.9 Å². The van der Waals surface area contributed by atoms with Crippen molar-refractivity contribution in [1.29, 1.82) is 0 Å². The fourth-order valence-electron chi connectivity index (χ4n) is 2.48. The molecule has 1 saturated carbocycles. The van der Waals surface area contributed by atoms with Crippen LogP contribution < -0.4 is 5.32 Å². The molecule has 3 heterocycles. The number of nitrogens with zero attached hydrogens (tertiary/aromatic N) is 4. The first-order chi connectivity index (χ1) is 10.8. The molecule has 1 fully saturated rings. The molecule has 3 aromatic rings. The Morgan fingerprint density at radius 1 is 1.23 bits per heavy atom. The van der Waals surface area contributed by atoms with Crippen molar-refractivity contribution in [2.75, 3.05) is 11.9 Å². The van der Waals surface area contributed by atoms with Crippen LogP contribution in [0.2, 0.25) is 5.15 Å². The molecule has 0 aromatic carbocycles. The molecule has 0 aliphatic heterocycles. The third-order valence-corrected chi connectivity index (χ3v) is 3.95. The summed E-state index contributed by atoms with van der Waals surface area (Å²) in [5, 5.41) is 3.82. The van der Waals surface area contributed by atoms with Crippen molar-refractivity contribution in [1.82, 2.24) is 19.4 Å². The van der Waals surface area contributed by atoms with Gasteiger partial charge in [-0.2, -0.15) is 0 Å². The van der Waals surface area contributed by atoms with E-state index in [1.165, 1.54) is 12.8 Å². The minimum Gasteiger partial charge on any atom is -0.370 e. The zero-order valence-corrected chi connectivity index (χ0v) is 12.8. The van der Waals surface area contributed by atoms with Crippen molar-refractivity contribution >= 4 is 23.1 Å². The number of imidazole rings is 1. The van der Waals surface area contributed by atoms with Crippen molar-refractivity contribution in [2.45, 2.75) is 25.2 Å². The van der Waals surface area contributed by atoms with E-state index < -0.39 is 0 Å². The maximum atomic E-state index is 6.06. The topological polar surface area (TPSA) is 55.1 Å². The van der Waals surface area contributed by atoms with Crippen LogP contribution in [0.15, 0.2) is 36.7 Å². The largest absolute Gasteiger partial charge is 0.370 e. The van der Waals surface area contributed by atoms with Gasteiger partial charge in [0.15, 0.2) is 0 Å². The molecule has 1 aliphatic rings. The Balaban J connectivity index is 1.42. The number of pyridine rings is 1. The molecule has 0 spiro atoms. The second-order valence-electron chi connectivity index (χ2n) is 5.58. The number of hydrogen-bond acceptors (Lipinski definition) is 4. The summed E-state index contributed by atoms with van der Waals surface area (Å²) in [6, 6.07) is 7.77. The van der Waals surface area contributed by atoms with E-state index in [-0.39, 0.29) is 0 Å². The molecule has 5 nitrogen and oxygen atoms in total. The van der Waals surface area contributed by atoms with Gasteiger partial charge < -0.3 is 9.72 Å². The molecule has 1 aliphatic carbocycles. The lowest BCUT2D eigenvalue weighted by Gasteiger charge is -2.06. The summed E-state index contributed by atoms with van der Waals surface area (Å²) in [5.74, 6) is 2.16. The Hall–Kier alpha value is -2.14. The van der Waals surface area contributed by atoms with Crippen LogP contribution >= 0.6 is 11.6 Å². The first kappa shape index (κ1) is 13.5. The zero-order valence-electron chi connectivity index (χ0n) is 12.0. The van der Waals surface area contributed by atoms with Gasteiger partial charge in [0.05, 0.1) is 5.69 Å². The molecule has 4 rings (SSSR count). The summed E-state index contributed by atoms with van der Waals surface area (Å²) in [4.78, 5) is 13.4. The van der Waals surface area contributed by atoms with E-state index in [0.717, 1.165) is 35.9 Å². The molecule has 1 N–H and O–H groups in total. The fraction of sp³-hybridized carbons (Fsp3) is 0.312. The van der Waals surface area contributed by atoms with Crippen LogP contribution in [0.25, 0.3) is 5.65 Å². The molecule has 0 bridgehead atoms. The number of fused-ring (bicyclic) bond motifs is 1. The lowest BCUT2D eigenvalue weighted by atomic mass is 10.3. The van der Waals surface area contributed by atoms with E-state index in [1.807, 2.05) is 28.8 Å². The van der Waals surface area contributed by atoms with Gasteiger partial charge in [0.25, 0.3) is 0 Å². The Morgan fingerprint density at radius 3 is 2.95 bits per heavy atom. The highest BCUT2D eigenvalue weighted by molar-refractivity contribution is 6.29. The second kappa shape index (κ2) is 5.57. The highest BCUT2D eigenvalue weighted by Gasteiger charge is 2.27. The van der Waals surface area contributed by atoms with E-state index in [1.54, 1.807) is 6.07 Å². The van der Waals surface area contributed by atoms with Crippen LogP contribution in [0.4, 0.5) is 5.82 Å². The number of aromatic nitrogens is 4. The third kappa shape index (κ3) is 2.90. The highest BCUT2D eigenvalue weighted by atomic mass is 35.5. The Morgan fingerprint density at radius 2 is 2.14 bits per heavy atom. The summed E-state index contributed by atoms with van der Waals surface area (Å²) in [5.41, 5.74) is 2.03. The van der Waals surface area contributed by atoms with Gasteiger partial charge in [-0.05, 0) is 25.0 Å². The molecule has 112 valence electrons. The van der Waals surface area contributed by atoms with Gasteiger partial charge in [-0.25, -0.2) is 15.0 Å². The van der Waals surface area contributed by atoms with E-state index in [2.05, 4.69) is 26.5 Å².